The van der Waals surface area contributed by atoms with Crippen molar-refractivity contribution < 1.29 is 9.78 Å². The van der Waals surface area contributed by atoms with Gasteiger partial charge in [0.2, 0.25) is 0 Å². The molecule has 0 aromatic rings. The molecule has 1 saturated carbocycles. The second-order valence-electron chi connectivity index (χ2n) is 3.66. The van der Waals surface area contributed by atoms with Gasteiger partial charge < -0.3 is 0 Å². The summed E-state index contributed by atoms with van der Waals surface area (Å²) in [7, 11) is 0. The summed E-state index contributed by atoms with van der Waals surface area (Å²) < 4.78 is 0. The van der Waals surface area contributed by atoms with Crippen molar-refractivity contribution in [2.24, 2.45) is 5.41 Å². The predicted octanol–water partition coefficient (Wildman–Crippen LogP) is 3.09. The van der Waals surface area contributed by atoms with Gasteiger partial charge in [-0.25, -0.2) is 9.78 Å². The molecule has 1 aliphatic rings. The molecular formula is C11H20O2. The van der Waals surface area contributed by atoms with Crippen molar-refractivity contribution in [3.63, 3.8) is 0 Å². The number of allylic oxidation sites excluding steroid dienone is 1. The van der Waals surface area contributed by atoms with Crippen LogP contribution in [0, 0.1) is 5.41 Å². The Bertz CT molecular complexity index is 154. The third-order valence-electron chi connectivity index (χ3n) is 2.89. The molecule has 0 aromatic carbocycles. The van der Waals surface area contributed by atoms with Crippen molar-refractivity contribution in [1.82, 2.24) is 0 Å². The first-order chi connectivity index (χ1) is 6.33. The molecule has 13 heavy (non-hydrogen) atoms. The van der Waals surface area contributed by atoms with Crippen LogP contribution in [-0.2, 0) is 9.78 Å². The van der Waals surface area contributed by atoms with Crippen LogP contribution in [0.3, 0.4) is 0 Å². The topological polar surface area (TPSA) is 18.5 Å². The summed E-state index contributed by atoms with van der Waals surface area (Å²) in [6.07, 6.45) is 9.69. The van der Waals surface area contributed by atoms with Crippen molar-refractivity contribution in [3.8, 4) is 0 Å². The zero-order chi connectivity index (χ0) is 9.57. The van der Waals surface area contributed by atoms with E-state index in [0.29, 0.717) is 18.6 Å². The van der Waals surface area contributed by atoms with E-state index in [9.17, 15) is 0 Å². The number of rotatable bonds is 6. The molecule has 0 unspecified atom stereocenters. The lowest BCUT2D eigenvalue weighted by molar-refractivity contribution is -0.282. The van der Waals surface area contributed by atoms with Gasteiger partial charge in [-0.15, -0.1) is 0 Å². The second kappa shape index (κ2) is 5.40. The minimum Gasteiger partial charge on any atom is -0.237 e. The molecule has 0 amide bonds. The highest BCUT2D eigenvalue weighted by molar-refractivity contribution is 5.03. The molecule has 76 valence electrons. The Morgan fingerprint density at radius 2 is 2.00 bits per heavy atom. The summed E-state index contributed by atoms with van der Waals surface area (Å²) in [6, 6.07) is 0. The Hall–Kier alpha value is -0.340. The van der Waals surface area contributed by atoms with Gasteiger partial charge in [-0.3, -0.25) is 0 Å². The first-order valence-electron chi connectivity index (χ1n) is 5.25. The van der Waals surface area contributed by atoms with Crippen LogP contribution in [0.5, 0.6) is 0 Å². The molecule has 1 rings (SSSR count). The minimum atomic E-state index is 0.496. The molecule has 0 bridgehead atoms. The maximum Gasteiger partial charge on any atom is 0.100 e. The Balaban J connectivity index is 2.14. The minimum absolute atomic E-state index is 0.496. The van der Waals surface area contributed by atoms with Gasteiger partial charge >= 0.3 is 0 Å². The van der Waals surface area contributed by atoms with Crippen LogP contribution in [-0.4, -0.2) is 13.2 Å². The van der Waals surface area contributed by atoms with Gasteiger partial charge in [-0.2, -0.15) is 0 Å². The highest BCUT2D eigenvalue weighted by Crippen LogP contribution is 2.44. The zero-order valence-electron chi connectivity index (χ0n) is 8.71. The molecule has 0 atom stereocenters. The fourth-order valence-corrected chi connectivity index (χ4v) is 1.74. The van der Waals surface area contributed by atoms with Crippen LogP contribution in [0.1, 0.15) is 39.5 Å². The third-order valence-corrected chi connectivity index (χ3v) is 2.89. The average molecular weight is 184 g/mol. The van der Waals surface area contributed by atoms with Gasteiger partial charge in [0, 0.05) is 0 Å². The molecule has 0 aromatic heterocycles. The largest absolute Gasteiger partial charge is 0.237 e. The lowest BCUT2D eigenvalue weighted by Crippen LogP contribution is -2.25. The van der Waals surface area contributed by atoms with Crippen LogP contribution >= 0.6 is 0 Å². The van der Waals surface area contributed by atoms with Gasteiger partial charge in [-0.1, -0.05) is 25.5 Å². The summed E-state index contributed by atoms with van der Waals surface area (Å²) >= 11 is 0. The van der Waals surface area contributed by atoms with Gasteiger partial charge in [0.25, 0.3) is 0 Å². The number of hydrogen-bond acceptors (Lipinski definition) is 2. The highest BCUT2D eigenvalue weighted by atomic mass is 17.2. The molecule has 0 heterocycles. The Labute approximate surface area is 80.8 Å². The molecule has 2 nitrogen and oxygen atoms in total. The van der Waals surface area contributed by atoms with E-state index < -0.39 is 0 Å². The fraction of sp³-hybridized carbons (Fsp3) is 0.818. The van der Waals surface area contributed by atoms with Crippen LogP contribution in [0.15, 0.2) is 12.2 Å². The Kier molecular flexibility index (Phi) is 4.46. The molecule has 0 N–H and O–H groups in total. The first-order valence-corrected chi connectivity index (χ1v) is 5.25. The van der Waals surface area contributed by atoms with Crippen LogP contribution < -0.4 is 0 Å². The summed E-state index contributed by atoms with van der Waals surface area (Å²) in [6.45, 7) is 5.37. The van der Waals surface area contributed by atoms with Gasteiger partial charge in [0.15, 0.2) is 0 Å². The highest BCUT2D eigenvalue weighted by Gasteiger charge is 2.31. The number of hydrogen-bond donors (Lipinski definition) is 0. The van der Waals surface area contributed by atoms with E-state index in [1.165, 1.54) is 25.7 Å². The van der Waals surface area contributed by atoms with Crippen molar-refractivity contribution in [2.75, 3.05) is 13.2 Å². The molecule has 1 fully saturated rings. The summed E-state index contributed by atoms with van der Waals surface area (Å²) in [4.78, 5) is 9.69. The van der Waals surface area contributed by atoms with E-state index >= 15 is 0 Å². The summed E-state index contributed by atoms with van der Waals surface area (Å²) in [5.74, 6) is 0. The van der Waals surface area contributed by atoms with E-state index in [0.717, 1.165) is 0 Å². The van der Waals surface area contributed by atoms with Crippen LogP contribution in [0.4, 0.5) is 0 Å². The monoisotopic (exact) mass is 184 g/mol. The molecular weight excluding hydrogens is 164 g/mol. The Morgan fingerprint density at radius 3 is 2.46 bits per heavy atom. The van der Waals surface area contributed by atoms with Crippen molar-refractivity contribution >= 4 is 0 Å². The maximum absolute atomic E-state index is 4.90. The maximum atomic E-state index is 4.90. The van der Waals surface area contributed by atoms with E-state index in [4.69, 9.17) is 9.78 Å². The van der Waals surface area contributed by atoms with Crippen molar-refractivity contribution in [2.45, 2.75) is 39.5 Å². The lowest BCUT2D eigenvalue weighted by Gasteiger charge is -2.38. The second-order valence-corrected chi connectivity index (χ2v) is 3.66. The van der Waals surface area contributed by atoms with Crippen molar-refractivity contribution in [1.29, 1.82) is 0 Å². The van der Waals surface area contributed by atoms with Gasteiger partial charge in [-0.05, 0) is 31.6 Å². The van der Waals surface area contributed by atoms with Gasteiger partial charge in [0.05, 0.1) is 6.61 Å². The molecule has 0 saturated heterocycles. The lowest BCUT2D eigenvalue weighted by atomic mass is 9.67. The molecule has 0 spiro atoms. The van der Waals surface area contributed by atoms with E-state index in [1.54, 1.807) is 0 Å². The fourth-order valence-electron chi connectivity index (χ4n) is 1.74. The summed E-state index contributed by atoms with van der Waals surface area (Å²) in [5, 5.41) is 0. The third kappa shape index (κ3) is 3.12. The quantitative estimate of drug-likeness (QED) is 0.273. The molecule has 1 aliphatic carbocycles. The van der Waals surface area contributed by atoms with E-state index in [2.05, 4.69) is 19.1 Å². The smallest absolute Gasteiger partial charge is 0.100 e. The Morgan fingerprint density at radius 1 is 1.23 bits per heavy atom. The first kappa shape index (κ1) is 10.7. The normalized spacial score (nSPS) is 20.5. The van der Waals surface area contributed by atoms with E-state index in [1.807, 2.05) is 6.92 Å². The summed E-state index contributed by atoms with van der Waals surface area (Å²) in [5.41, 5.74) is 0.496. The van der Waals surface area contributed by atoms with Crippen LogP contribution in [0.2, 0.25) is 0 Å². The van der Waals surface area contributed by atoms with Gasteiger partial charge in [0.1, 0.15) is 6.61 Å². The molecule has 2 heteroatoms. The predicted molar refractivity (Wildman–Crippen MR) is 53.3 cm³/mol. The van der Waals surface area contributed by atoms with Crippen LogP contribution in [0.25, 0.3) is 0 Å². The molecule has 0 radical (unpaired) electrons. The SMILES string of the molecule is CCOOC/C=C/C1(CC)CCC1. The average Bonchev–Trinajstić information content (AvgIpc) is 2.09. The molecule has 0 aliphatic heterocycles. The zero-order valence-corrected chi connectivity index (χ0v) is 8.71. The standard InChI is InChI=1S/C11H20O2/c1-3-11(7-5-8-11)9-6-10-13-12-4-2/h6,9H,3-5,7-8,10H2,1-2H3/b9-6+. The van der Waals surface area contributed by atoms with Crippen molar-refractivity contribution in [3.05, 3.63) is 12.2 Å². The van der Waals surface area contributed by atoms with E-state index in [-0.39, 0.29) is 0 Å².